The van der Waals surface area contributed by atoms with Gasteiger partial charge in [-0.15, -0.1) is 0 Å². The second kappa shape index (κ2) is 8.93. The number of aliphatic hydroxyl groups is 1. The Morgan fingerprint density at radius 1 is 1.05 bits per heavy atom. The molecule has 19 heavy (non-hydrogen) atoms. The lowest BCUT2D eigenvalue weighted by atomic mass is 9.78. The molecule has 3 nitrogen and oxygen atoms in total. The molecule has 0 aliphatic carbocycles. The molecule has 0 radical (unpaired) electrons. The summed E-state index contributed by atoms with van der Waals surface area (Å²) in [5.74, 6) is 0.988. The summed E-state index contributed by atoms with van der Waals surface area (Å²) in [7, 11) is 0. The first kappa shape index (κ1) is 18.9. The van der Waals surface area contributed by atoms with Gasteiger partial charge in [-0.05, 0) is 39.0 Å². The predicted molar refractivity (Wildman–Crippen MR) is 80.4 cm³/mol. The minimum absolute atomic E-state index is 0.0423. The summed E-state index contributed by atoms with van der Waals surface area (Å²) >= 11 is 0. The molecule has 0 fully saturated rings. The van der Waals surface area contributed by atoms with Crippen molar-refractivity contribution in [2.24, 2.45) is 11.8 Å². The molecule has 0 aromatic heterocycles. The van der Waals surface area contributed by atoms with E-state index in [1.54, 1.807) is 0 Å². The number of hydrogen-bond donors (Lipinski definition) is 1. The Morgan fingerprint density at radius 3 is 2.05 bits per heavy atom. The van der Waals surface area contributed by atoms with Crippen LogP contribution >= 0.6 is 0 Å². The van der Waals surface area contributed by atoms with Gasteiger partial charge in [-0.3, -0.25) is 0 Å². The molecule has 0 aliphatic rings. The quantitative estimate of drug-likeness (QED) is 0.661. The Kier molecular flexibility index (Phi) is 8.88. The van der Waals surface area contributed by atoms with E-state index in [-0.39, 0.29) is 24.4 Å². The van der Waals surface area contributed by atoms with Gasteiger partial charge in [0.15, 0.2) is 0 Å². The molecule has 0 spiro atoms. The van der Waals surface area contributed by atoms with Crippen molar-refractivity contribution in [2.75, 3.05) is 13.2 Å². The van der Waals surface area contributed by atoms with Gasteiger partial charge in [0.05, 0.1) is 31.0 Å². The first-order valence-corrected chi connectivity index (χ1v) is 7.68. The van der Waals surface area contributed by atoms with Gasteiger partial charge in [0.2, 0.25) is 0 Å². The lowest BCUT2D eigenvalue weighted by Crippen LogP contribution is -2.45. The van der Waals surface area contributed by atoms with Crippen LogP contribution in [0.15, 0.2) is 0 Å². The SMILES string of the molecule is CCCC(C)C(C)(OC(C)COC(C)CO)C(C)C. The Morgan fingerprint density at radius 2 is 1.63 bits per heavy atom. The number of hydrogen-bond acceptors (Lipinski definition) is 3. The Labute approximate surface area is 119 Å². The highest BCUT2D eigenvalue weighted by Gasteiger charge is 2.36. The zero-order chi connectivity index (χ0) is 15.1. The fraction of sp³-hybridized carbons (Fsp3) is 1.00. The molecule has 0 bridgehead atoms. The Bertz CT molecular complexity index is 230. The summed E-state index contributed by atoms with van der Waals surface area (Å²) in [6.45, 7) is 15.6. The molecule has 0 aromatic rings. The zero-order valence-corrected chi connectivity index (χ0v) is 13.9. The molecule has 0 rings (SSSR count). The van der Waals surface area contributed by atoms with Crippen molar-refractivity contribution < 1.29 is 14.6 Å². The maximum atomic E-state index is 8.96. The smallest absolute Gasteiger partial charge is 0.0788 e. The van der Waals surface area contributed by atoms with Crippen molar-refractivity contribution in [3.63, 3.8) is 0 Å². The Balaban J connectivity index is 4.48. The van der Waals surface area contributed by atoms with E-state index in [9.17, 15) is 0 Å². The van der Waals surface area contributed by atoms with Crippen molar-refractivity contribution in [1.82, 2.24) is 0 Å². The van der Waals surface area contributed by atoms with E-state index in [1.807, 2.05) is 13.8 Å². The van der Waals surface area contributed by atoms with Gasteiger partial charge in [-0.1, -0.05) is 34.1 Å². The third kappa shape index (κ3) is 6.24. The van der Waals surface area contributed by atoms with Gasteiger partial charge in [0.25, 0.3) is 0 Å². The average Bonchev–Trinajstić information content (AvgIpc) is 2.35. The summed E-state index contributed by atoms with van der Waals surface area (Å²) in [6, 6.07) is 0. The van der Waals surface area contributed by atoms with Crippen molar-refractivity contribution in [3.05, 3.63) is 0 Å². The second-order valence-electron chi connectivity index (χ2n) is 6.28. The van der Waals surface area contributed by atoms with E-state index in [0.717, 1.165) is 0 Å². The lowest BCUT2D eigenvalue weighted by molar-refractivity contribution is -0.158. The van der Waals surface area contributed by atoms with Crippen molar-refractivity contribution in [1.29, 1.82) is 0 Å². The highest BCUT2D eigenvalue weighted by atomic mass is 16.6. The summed E-state index contributed by atoms with van der Waals surface area (Å²) in [5, 5.41) is 8.96. The molecule has 116 valence electrons. The minimum Gasteiger partial charge on any atom is -0.394 e. The second-order valence-corrected chi connectivity index (χ2v) is 6.28. The summed E-state index contributed by atoms with van der Waals surface area (Å²) in [6.07, 6.45) is 2.28. The van der Waals surface area contributed by atoms with Gasteiger partial charge in [-0.2, -0.15) is 0 Å². The normalized spacial score (nSPS) is 20.1. The summed E-state index contributed by atoms with van der Waals surface area (Å²) in [4.78, 5) is 0. The van der Waals surface area contributed by atoms with E-state index in [4.69, 9.17) is 14.6 Å². The third-order valence-electron chi connectivity index (χ3n) is 4.17. The van der Waals surface area contributed by atoms with Gasteiger partial charge in [-0.25, -0.2) is 0 Å². The van der Waals surface area contributed by atoms with Crippen molar-refractivity contribution >= 4 is 0 Å². The molecule has 0 aromatic carbocycles. The van der Waals surface area contributed by atoms with Gasteiger partial charge in [0.1, 0.15) is 0 Å². The zero-order valence-electron chi connectivity index (χ0n) is 13.9. The largest absolute Gasteiger partial charge is 0.394 e. The van der Waals surface area contributed by atoms with Gasteiger partial charge in [0, 0.05) is 0 Å². The van der Waals surface area contributed by atoms with E-state index in [0.29, 0.717) is 18.4 Å². The fourth-order valence-electron chi connectivity index (χ4n) is 2.36. The highest BCUT2D eigenvalue weighted by Crippen LogP contribution is 2.34. The van der Waals surface area contributed by atoms with Crippen LogP contribution in [-0.4, -0.2) is 36.1 Å². The number of ether oxygens (including phenoxy) is 2. The highest BCUT2D eigenvalue weighted by molar-refractivity contribution is 4.85. The third-order valence-corrected chi connectivity index (χ3v) is 4.17. The molecule has 3 heteroatoms. The van der Waals surface area contributed by atoms with Gasteiger partial charge >= 0.3 is 0 Å². The van der Waals surface area contributed by atoms with E-state index in [2.05, 4.69) is 34.6 Å². The van der Waals surface area contributed by atoms with E-state index in [1.165, 1.54) is 12.8 Å². The monoisotopic (exact) mass is 274 g/mol. The van der Waals surface area contributed by atoms with E-state index < -0.39 is 0 Å². The van der Waals surface area contributed by atoms with Crippen LogP contribution in [0.3, 0.4) is 0 Å². The van der Waals surface area contributed by atoms with Crippen LogP contribution in [0.1, 0.15) is 61.3 Å². The van der Waals surface area contributed by atoms with Gasteiger partial charge < -0.3 is 14.6 Å². The fourth-order valence-corrected chi connectivity index (χ4v) is 2.36. The summed E-state index contributed by atoms with van der Waals surface area (Å²) in [5.41, 5.74) is -0.124. The molecule has 0 heterocycles. The number of aliphatic hydroxyl groups excluding tert-OH is 1. The first-order chi connectivity index (χ1) is 8.77. The molecule has 4 unspecified atom stereocenters. The lowest BCUT2D eigenvalue weighted by Gasteiger charge is -2.41. The van der Waals surface area contributed by atoms with Crippen LogP contribution in [0.2, 0.25) is 0 Å². The Hall–Kier alpha value is -0.120. The molecule has 0 saturated carbocycles. The van der Waals surface area contributed by atoms with Crippen LogP contribution in [0.5, 0.6) is 0 Å². The topological polar surface area (TPSA) is 38.7 Å². The van der Waals surface area contributed by atoms with Crippen LogP contribution in [0.4, 0.5) is 0 Å². The van der Waals surface area contributed by atoms with E-state index >= 15 is 0 Å². The molecule has 0 amide bonds. The minimum atomic E-state index is -0.124. The standard InChI is InChI=1S/C16H34O3/c1-8-9-13(4)16(7,12(2)3)19-15(6)11-18-14(5)10-17/h12-15,17H,8-11H2,1-7H3. The molecule has 0 saturated heterocycles. The number of rotatable bonds is 10. The molecule has 4 atom stereocenters. The average molecular weight is 274 g/mol. The van der Waals surface area contributed by atoms with Crippen molar-refractivity contribution in [2.45, 2.75) is 79.1 Å². The molecular formula is C16H34O3. The predicted octanol–water partition coefficient (Wildman–Crippen LogP) is 3.64. The molecular weight excluding hydrogens is 240 g/mol. The van der Waals surface area contributed by atoms with Crippen LogP contribution in [0.25, 0.3) is 0 Å². The molecule has 0 aliphatic heterocycles. The van der Waals surface area contributed by atoms with Crippen LogP contribution < -0.4 is 0 Å². The van der Waals surface area contributed by atoms with Crippen LogP contribution in [0, 0.1) is 11.8 Å². The van der Waals surface area contributed by atoms with Crippen molar-refractivity contribution in [3.8, 4) is 0 Å². The molecule has 1 N–H and O–H groups in total. The maximum Gasteiger partial charge on any atom is 0.0788 e. The summed E-state index contributed by atoms with van der Waals surface area (Å²) < 4.78 is 11.8. The first-order valence-electron chi connectivity index (χ1n) is 7.68. The maximum absolute atomic E-state index is 8.96. The van der Waals surface area contributed by atoms with Crippen LogP contribution in [-0.2, 0) is 9.47 Å².